The van der Waals surface area contributed by atoms with Crippen molar-refractivity contribution in [3.8, 4) is 0 Å². The standard InChI is InChI=1S/C9H14N4O5/c1-12-3-13(11-8(12)7(10)17)9-6(16)5(15)4(2-14)18-9/h3-6,9,14-16H,2H2,1H3,(H-,10,17)/p+1. The number of hydrogen-bond acceptors (Lipinski definition) is 6. The summed E-state index contributed by atoms with van der Waals surface area (Å²) in [6.45, 7) is -0.426. The lowest BCUT2D eigenvalue weighted by Crippen LogP contribution is -2.36. The van der Waals surface area contributed by atoms with E-state index in [2.05, 4.69) is 5.10 Å². The third-order valence-electron chi connectivity index (χ3n) is 2.83. The topological polar surface area (TPSA) is 135 Å². The second kappa shape index (κ2) is 4.61. The molecular formula is C9H15N4O5+. The summed E-state index contributed by atoms with van der Waals surface area (Å²) < 4.78 is 7.81. The molecular weight excluding hydrogens is 244 g/mol. The highest BCUT2D eigenvalue weighted by Crippen LogP contribution is 2.28. The fourth-order valence-electron chi connectivity index (χ4n) is 1.88. The SMILES string of the molecule is C[n+]1cn(C2OC(CO)C(O)C2O)nc1C(N)=O. The highest BCUT2D eigenvalue weighted by Gasteiger charge is 2.47. The molecule has 0 spiro atoms. The van der Waals surface area contributed by atoms with E-state index in [0.717, 1.165) is 0 Å². The van der Waals surface area contributed by atoms with Gasteiger partial charge in [0, 0.05) is 0 Å². The number of nitrogens with two attached hydrogens (primary N) is 1. The van der Waals surface area contributed by atoms with Crippen molar-refractivity contribution in [2.24, 2.45) is 12.8 Å². The molecule has 1 aliphatic rings. The Kier molecular flexibility index (Phi) is 3.30. The van der Waals surface area contributed by atoms with Crippen LogP contribution in [0.15, 0.2) is 6.33 Å². The normalized spacial score (nSPS) is 31.8. The van der Waals surface area contributed by atoms with Crippen LogP contribution in [0.3, 0.4) is 0 Å². The highest BCUT2D eigenvalue weighted by atomic mass is 16.6. The Morgan fingerprint density at radius 1 is 1.61 bits per heavy atom. The summed E-state index contributed by atoms with van der Waals surface area (Å²) in [7, 11) is 1.56. The number of aliphatic hydroxyl groups is 3. The molecule has 0 aromatic carbocycles. The van der Waals surface area contributed by atoms with Crippen LogP contribution in [0.1, 0.15) is 16.8 Å². The summed E-state index contributed by atoms with van der Waals surface area (Å²) in [5.74, 6) is -0.726. The number of carbonyl (C=O) groups is 1. The Bertz CT molecular complexity index is 462. The van der Waals surface area contributed by atoms with Crippen LogP contribution in [0.4, 0.5) is 0 Å². The minimum absolute atomic E-state index is 0.00672. The number of carbonyl (C=O) groups excluding carboxylic acids is 1. The fourth-order valence-corrected chi connectivity index (χ4v) is 1.88. The molecule has 9 nitrogen and oxygen atoms in total. The molecule has 4 unspecified atom stereocenters. The molecule has 9 heteroatoms. The third kappa shape index (κ3) is 1.97. The number of aliphatic hydroxyl groups excluding tert-OH is 3. The lowest BCUT2D eigenvalue weighted by molar-refractivity contribution is -0.674. The molecule has 0 radical (unpaired) electrons. The maximum Gasteiger partial charge on any atom is 0.366 e. The van der Waals surface area contributed by atoms with Crippen LogP contribution in [0, 0.1) is 0 Å². The number of hydrogen-bond donors (Lipinski definition) is 4. The predicted molar refractivity (Wildman–Crippen MR) is 54.9 cm³/mol. The number of aryl methyl sites for hydroxylation is 1. The van der Waals surface area contributed by atoms with E-state index in [9.17, 15) is 15.0 Å². The van der Waals surface area contributed by atoms with Crippen molar-refractivity contribution in [2.45, 2.75) is 24.5 Å². The number of rotatable bonds is 3. The van der Waals surface area contributed by atoms with E-state index in [1.165, 1.54) is 15.6 Å². The number of amides is 1. The molecule has 4 atom stereocenters. The van der Waals surface area contributed by atoms with Crippen molar-refractivity contribution in [2.75, 3.05) is 6.61 Å². The van der Waals surface area contributed by atoms with Crippen LogP contribution < -0.4 is 10.3 Å². The average molecular weight is 259 g/mol. The predicted octanol–water partition coefficient (Wildman–Crippen LogP) is -3.58. The van der Waals surface area contributed by atoms with E-state index < -0.39 is 37.1 Å². The fraction of sp³-hybridized carbons (Fsp3) is 0.667. The van der Waals surface area contributed by atoms with Crippen molar-refractivity contribution in [1.29, 1.82) is 0 Å². The second-order valence-electron chi connectivity index (χ2n) is 4.12. The monoisotopic (exact) mass is 259 g/mol. The molecule has 2 heterocycles. The van der Waals surface area contributed by atoms with E-state index in [1.54, 1.807) is 7.05 Å². The van der Waals surface area contributed by atoms with Crippen LogP contribution in [0.5, 0.6) is 0 Å². The molecule has 0 saturated carbocycles. The van der Waals surface area contributed by atoms with E-state index in [1.807, 2.05) is 0 Å². The molecule has 1 aliphatic heterocycles. The maximum atomic E-state index is 11.0. The van der Waals surface area contributed by atoms with E-state index in [-0.39, 0.29) is 5.82 Å². The van der Waals surface area contributed by atoms with Gasteiger partial charge in [0.2, 0.25) is 12.6 Å². The summed E-state index contributed by atoms with van der Waals surface area (Å²) in [6, 6.07) is 0. The van der Waals surface area contributed by atoms with Gasteiger partial charge < -0.3 is 25.8 Å². The second-order valence-corrected chi connectivity index (χ2v) is 4.12. The van der Waals surface area contributed by atoms with Gasteiger partial charge in [0.25, 0.3) is 0 Å². The van der Waals surface area contributed by atoms with Gasteiger partial charge in [-0.1, -0.05) is 4.68 Å². The van der Waals surface area contributed by atoms with Crippen LogP contribution in [-0.4, -0.2) is 55.9 Å². The van der Waals surface area contributed by atoms with E-state index in [4.69, 9.17) is 15.6 Å². The first kappa shape index (κ1) is 12.9. The highest BCUT2D eigenvalue weighted by molar-refractivity contribution is 5.87. The van der Waals surface area contributed by atoms with Gasteiger partial charge in [0.1, 0.15) is 18.3 Å². The average Bonchev–Trinajstić information content (AvgIpc) is 2.82. The zero-order valence-electron chi connectivity index (χ0n) is 9.67. The van der Waals surface area contributed by atoms with Gasteiger partial charge in [-0.15, -0.1) is 0 Å². The first-order valence-corrected chi connectivity index (χ1v) is 5.32. The zero-order chi connectivity index (χ0) is 13.4. The number of primary amides is 1. The molecule has 18 heavy (non-hydrogen) atoms. The molecule has 0 bridgehead atoms. The molecule has 100 valence electrons. The van der Waals surface area contributed by atoms with Crippen molar-refractivity contribution in [3.05, 3.63) is 12.2 Å². The molecule has 2 rings (SSSR count). The van der Waals surface area contributed by atoms with Crippen molar-refractivity contribution < 1.29 is 29.4 Å². The Morgan fingerprint density at radius 3 is 2.72 bits per heavy atom. The molecule has 5 N–H and O–H groups in total. The van der Waals surface area contributed by atoms with Crippen molar-refractivity contribution in [3.63, 3.8) is 0 Å². The summed E-state index contributed by atoms with van der Waals surface area (Å²) in [5.41, 5.74) is 5.11. The van der Waals surface area contributed by atoms with Gasteiger partial charge in [-0.2, -0.15) is 0 Å². The maximum absolute atomic E-state index is 11.0. The summed E-state index contributed by atoms with van der Waals surface area (Å²) in [6.07, 6.45) is -2.93. The number of nitrogens with zero attached hydrogens (tertiary/aromatic N) is 3. The van der Waals surface area contributed by atoms with Crippen LogP contribution in [0.2, 0.25) is 0 Å². The van der Waals surface area contributed by atoms with E-state index >= 15 is 0 Å². The Morgan fingerprint density at radius 2 is 2.28 bits per heavy atom. The van der Waals surface area contributed by atoms with Crippen molar-refractivity contribution in [1.82, 2.24) is 9.78 Å². The summed E-state index contributed by atoms with van der Waals surface area (Å²) in [5, 5.41) is 32.2. The molecule has 1 fully saturated rings. The smallest absolute Gasteiger partial charge is 0.366 e. The Labute approximate surface area is 102 Å². The quantitative estimate of drug-likeness (QED) is 0.414. The third-order valence-corrected chi connectivity index (χ3v) is 2.83. The molecule has 1 aromatic rings. The lowest BCUT2D eigenvalue weighted by Gasteiger charge is -2.09. The number of ether oxygens (including phenoxy) is 1. The molecule has 1 aromatic heterocycles. The Balaban J connectivity index is 2.27. The van der Waals surface area contributed by atoms with Crippen LogP contribution >= 0.6 is 0 Å². The van der Waals surface area contributed by atoms with Gasteiger partial charge >= 0.3 is 11.7 Å². The largest absolute Gasteiger partial charge is 0.394 e. The first-order valence-electron chi connectivity index (χ1n) is 5.32. The van der Waals surface area contributed by atoms with Gasteiger partial charge in [0.15, 0.2) is 0 Å². The minimum atomic E-state index is -1.25. The molecule has 0 aliphatic carbocycles. The summed E-state index contributed by atoms with van der Waals surface area (Å²) in [4.78, 5) is 11.0. The van der Waals surface area contributed by atoms with Crippen molar-refractivity contribution >= 4 is 5.91 Å². The van der Waals surface area contributed by atoms with Gasteiger partial charge in [-0.05, 0) is 0 Å². The molecule has 1 saturated heterocycles. The lowest BCUT2D eigenvalue weighted by atomic mass is 10.1. The van der Waals surface area contributed by atoms with Crippen LogP contribution in [0.25, 0.3) is 0 Å². The number of aromatic nitrogens is 3. The molecule has 1 amide bonds. The Hall–Kier alpha value is -1.55. The van der Waals surface area contributed by atoms with E-state index in [0.29, 0.717) is 0 Å². The van der Waals surface area contributed by atoms with Gasteiger partial charge in [-0.25, -0.2) is 4.57 Å². The minimum Gasteiger partial charge on any atom is -0.394 e. The van der Waals surface area contributed by atoms with Crippen LogP contribution in [-0.2, 0) is 11.8 Å². The zero-order valence-corrected chi connectivity index (χ0v) is 9.67. The van der Waals surface area contributed by atoms with Gasteiger partial charge in [0.05, 0.1) is 18.8 Å². The first-order chi connectivity index (χ1) is 8.45. The van der Waals surface area contributed by atoms with Gasteiger partial charge in [-0.3, -0.25) is 4.79 Å². The summed E-state index contributed by atoms with van der Waals surface area (Å²) >= 11 is 0.